The lowest BCUT2D eigenvalue weighted by molar-refractivity contribution is -0.00818. The van der Waals surface area contributed by atoms with E-state index in [-0.39, 0.29) is 11.5 Å². The maximum absolute atomic E-state index is 11.9. The average molecular weight is 265 g/mol. The number of hydrogen-bond acceptors (Lipinski definition) is 4. The topological polar surface area (TPSA) is 63.2 Å². The molecule has 1 rings (SSSR count). The fraction of sp³-hybridized carbons (Fsp3) is 0.571. The molecule has 19 heavy (non-hydrogen) atoms. The van der Waals surface area contributed by atoms with Crippen molar-refractivity contribution in [2.24, 2.45) is 0 Å². The lowest BCUT2D eigenvalue weighted by Gasteiger charge is -2.24. The van der Waals surface area contributed by atoms with Crippen molar-refractivity contribution in [3.63, 3.8) is 0 Å². The van der Waals surface area contributed by atoms with Crippen LogP contribution in [0.2, 0.25) is 0 Å². The highest BCUT2D eigenvalue weighted by Gasteiger charge is 2.19. The highest BCUT2D eigenvalue weighted by atomic mass is 16.5. The first-order valence-electron chi connectivity index (χ1n) is 6.60. The largest absolute Gasteiger partial charge is 0.384 e. The molecule has 0 bridgehead atoms. The molecule has 0 fully saturated rings. The number of ether oxygens (including phenoxy) is 1. The molecule has 106 valence electrons. The van der Waals surface area contributed by atoms with Crippen LogP contribution in [-0.2, 0) is 4.74 Å². The second kappa shape index (κ2) is 7.09. The van der Waals surface area contributed by atoms with E-state index in [4.69, 9.17) is 4.74 Å². The summed E-state index contributed by atoms with van der Waals surface area (Å²) in [7, 11) is 0. The lowest BCUT2D eigenvalue weighted by Crippen LogP contribution is -2.40. The Morgan fingerprint density at radius 1 is 1.37 bits per heavy atom. The van der Waals surface area contributed by atoms with Gasteiger partial charge < -0.3 is 15.4 Å². The Morgan fingerprint density at radius 3 is 2.63 bits per heavy atom. The van der Waals surface area contributed by atoms with Gasteiger partial charge in [-0.25, -0.2) is 4.98 Å². The molecule has 5 nitrogen and oxygen atoms in total. The van der Waals surface area contributed by atoms with Gasteiger partial charge in [-0.2, -0.15) is 0 Å². The van der Waals surface area contributed by atoms with Crippen molar-refractivity contribution in [3.8, 4) is 0 Å². The zero-order valence-corrected chi connectivity index (χ0v) is 12.1. The maximum atomic E-state index is 11.9. The van der Waals surface area contributed by atoms with Crippen LogP contribution >= 0.6 is 0 Å². The van der Waals surface area contributed by atoms with Crippen LogP contribution in [0, 0.1) is 0 Å². The fourth-order valence-electron chi connectivity index (χ4n) is 1.66. The summed E-state index contributed by atoms with van der Waals surface area (Å²) < 4.78 is 5.52. The molecule has 1 amide bonds. The van der Waals surface area contributed by atoms with E-state index in [2.05, 4.69) is 15.6 Å². The van der Waals surface area contributed by atoms with E-state index in [1.165, 1.54) is 0 Å². The van der Waals surface area contributed by atoms with E-state index in [9.17, 15) is 4.79 Å². The van der Waals surface area contributed by atoms with E-state index in [1.54, 1.807) is 12.3 Å². The van der Waals surface area contributed by atoms with E-state index in [0.717, 1.165) is 12.2 Å². The minimum atomic E-state index is -0.367. The van der Waals surface area contributed by atoms with Crippen LogP contribution in [0.25, 0.3) is 0 Å². The molecule has 0 saturated carbocycles. The van der Waals surface area contributed by atoms with Crippen LogP contribution in [0.15, 0.2) is 18.3 Å². The van der Waals surface area contributed by atoms with Crippen molar-refractivity contribution in [1.82, 2.24) is 10.3 Å². The summed E-state index contributed by atoms with van der Waals surface area (Å²) in [5.41, 5.74) is 0.955. The molecule has 0 saturated heterocycles. The molecule has 0 aliphatic carbocycles. The van der Waals surface area contributed by atoms with Crippen LogP contribution in [0.1, 0.15) is 38.2 Å². The molecule has 5 heteroatoms. The number of carbonyl (C=O) groups excluding carboxylic acids is 1. The van der Waals surface area contributed by atoms with Gasteiger partial charge in [0.1, 0.15) is 5.69 Å². The second-order valence-corrected chi connectivity index (χ2v) is 4.84. The Kier molecular flexibility index (Phi) is 5.76. The van der Waals surface area contributed by atoms with Gasteiger partial charge in [0.05, 0.1) is 17.5 Å². The van der Waals surface area contributed by atoms with Gasteiger partial charge >= 0.3 is 0 Å². The van der Waals surface area contributed by atoms with Crippen molar-refractivity contribution in [2.45, 2.75) is 33.3 Å². The van der Waals surface area contributed by atoms with Crippen molar-refractivity contribution >= 4 is 11.6 Å². The summed E-state index contributed by atoms with van der Waals surface area (Å²) in [5.74, 6) is -0.184. The first-order valence-corrected chi connectivity index (χ1v) is 6.60. The van der Waals surface area contributed by atoms with Gasteiger partial charge in [-0.3, -0.25) is 4.79 Å². The summed E-state index contributed by atoms with van der Waals surface area (Å²) in [4.78, 5) is 16.0. The number of carbonyl (C=O) groups is 1. The second-order valence-electron chi connectivity index (χ2n) is 4.84. The predicted molar refractivity (Wildman–Crippen MR) is 76.4 cm³/mol. The minimum Gasteiger partial charge on any atom is -0.384 e. The maximum Gasteiger partial charge on any atom is 0.269 e. The number of hydrogen-bond donors (Lipinski definition) is 2. The quantitative estimate of drug-likeness (QED) is 0.792. The number of aromatic nitrogens is 1. The Bertz CT molecular complexity index is 402. The third kappa shape index (κ3) is 5.26. The van der Waals surface area contributed by atoms with E-state index < -0.39 is 0 Å². The molecule has 0 aliphatic rings. The smallest absolute Gasteiger partial charge is 0.269 e. The summed E-state index contributed by atoms with van der Waals surface area (Å²) in [5, 5.41) is 5.96. The highest BCUT2D eigenvalue weighted by Crippen LogP contribution is 2.08. The van der Waals surface area contributed by atoms with Gasteiger partial charge in [0.2, 0.25) is 0 Å². The SMILES string of the molecule is CCNc1ccc(C(=O)NCC(C)(C)OCC)nc1. The molecular weight excluding hydrogens is 242 g/mol. The Hall–Kier alpha value is -1.62. The standard InChI is InChI=1S/C14H23N3O2/c1-5-15-11-7-8-12(16-9-11)13(18)17-10-14(3,4)19-6-2/h7-9,15H,5-6,10H2,1-4H3,(H,17,18). The van der Waals surface area contributed by atoms with Gasteiger partial charge in [-0.1, -0.05) is 0 Å². The summed E-state index contributed by atoms with van der Waals surface area (Å²) >= 11 is 0. The third-order valence-corrected chi connectivity index (χ3v) is 2.59. The molecule has 0 radical (unpaired) electrons. The van der Waals surface area contributed by atoms with Gasteiger partial charge in [-0.05, 0) is 39.8 Å². The molecular formula is C14H23N3O2. The zero-order chi connectivity index (χ0) is 14.3. The molecule has 0 atom stereocenters. The molecule has 0 aromatic carbocycles. The van der Waals surface area contributed by atoms with E-state index >= 15 is 0 Å². The van der Waals surface area contributed by atoms with E-state index in [0.29, 0.717) is 18.8 Å². The molecule has 1 aromatic heterocycles. The molecule has 1 aromatic rings. The van der Waals surface area contributed by atoms with Crippen LogP contribution in [0.3, 0.4) is 0 Å². The summed E-state index contributed by atoms with van der Waals surface area (Å²) in [6, 6.07) is 3.56. The van der Waals surface area contributed by atoms with Gasteiger partial charge in [0, 0.05) is 19.7 Å². The fourth-order valence-corrected chi connectivity index (χ4v) is 1.66. The predicted octanol–water partition coefficient (Wildman–Crippen LogP) is 2.06. The van der Waals surface area contributed by atoms with Crippen LogP contribution in [-0.4, -0.2) is 36.2 Å². The van der Waals surface area contributed by atoms with Crippen molar-refractivity contribution in [3.05, 3.63) is 24.0 Å². The molecule has 1 heterocycles. The van der Waals surface area contributed by atoms with Crippen molar-refractivity contribution in [1.29, 1.82) is 0 Å². The first-order chi connectivity index (χ1) is 8.98. The number of rotatable bonds is 7. The normalized spacial score (nSPS) is 11.2. The molecule has 0 aliphatic heterocycles. The van der Waals surface area contributed by atoms with Crippen molar-refractivity contribution < 1.29 is 9.53 Å². The summed E-state index contributed by atoms with van der Waals surface area (Å²) in [6.07, 6.45) is 1.66. The lowest BCUT2D eigenvalue weighted by atomic mass is 10.1. The van der Waals surface area contributed by atoms with Gasteiger partial charge in [0.15, 0.2) is 0 Å². The van der Waals surface area contributed by atoms with Crippen LogP contribution in [0.4, 0.5) is 5.69 Å². The number of pyridine rings is 1. The Balaban J connectivity index is 2.53. The number of nitrogens with zero attached hydrogens (tertiary/aromatic N) is 1. The number of amides is 1. The molecule has 2 N–H and O–H groups in total. The van der Waals surface area contributed by atoms with Crippen LogP contribution < -0.4 is 10.6 Å². The molecule has 0 unspecified atom stereocenters. The monoisotopic (exact) mass is 265 g/mol. The Labute approximate surface area is 114 Å². The van der Waals surface area contributed by atoms with Gasteiger partial charge in [0.25, 0.3) is 5.91 Å². The average Bonchev–Trinajstić information content (AvgIpc) is 2.37. The zero-order valence-electron chi connectivity index (χ0n) is 12.1. The van der Waals surface area contributed by atoms with Gasteiger partial charge in [-0.15, -0.1) is 0 Å². The number of anilines is 1. The summed E-state index contributed by atoms with van der Waals surface area (Å²) in [6.45, 7) is 9.74. The highest BCUT2D eigenvalue weighted by molar-refractivity contribution is 5.92. The third-order valence-electron chi connectivity index (χ3n) is 2.59. The first kappa shape index (κ1) is 15.4. The Morgan fingerprint density at radius 2 is 2.11 bits per heavy atom. The number of nitrogens with one attached hydrogen (secondary N) is 2. The molecule has 0 spiro atoms. The van der Waals surface area contributed by atoms with Crippen LogP contribution in [0.5, 0.6) is 0 Å². The van der Waals surface area contributed by atoms with E-state index in [1.807, 2.05) is 33.8 Å². The minimum absolute atomic E-state index is 0.184. The van der Waals surface area contributed by atoms with Crippen molar-refractivity contribution in [2.75, 3.05) is 25.0 Å².